The molecule has 28 heavy (non-hydrogen) atoms. The van der Waals surface area contributed by atoms with Gasteiger partial charge in [-0.15, -0.1) is 11.3 Å². The molecule has 4 aromatic rings. The number of thiazole rings is 1. The molecule has 0 atom stereocenters. The molecular formula is C21H19FN4OS. The van der Waals surface area contributed by atoms with Crippen LogP contribution in [0.3, 0.4) is 0 Å². The van der Waals surface area contributed by atoms with E-state index in [4.69, 9.17) is 0 Å². The molecule has 0 bridgehead atoms. The Hall–Kier alpha value is -3.06. The number of carbonyl (C=O) groups is 1. The molecule has 0 aliphatic rings. The molecule has 142 valence electrons. The van der Waals surface area contributed by atoms with Crippen molar-refractivity contribution in [3.05, 3.63) is 71.7 Å². The number of nitrogens with zero attached hydrogens (tertiary/aromatic N) is 3. The van der Waals surface area contributed by atoms with Crippen molar-refractivity contribution in [3.63, 3.8) is 0 Å². The Balaban J connectivity index is 1.26. The van der Waals surface area contributed by atoms with Gasteiger partial charge in [0, 0.05) is 24.5 Å². The molecule has 0 unspecified atom stereocenters. The minimum absolute atomic E-state index is 0.115. The van der Waals surface area contributed by atoms with Crippen LogP contribution in [0.5, 0.6) is 0 Å². The van der Waals surface area contributed by atoms with Crippen LogP contribution in [-0.4, -0.2) is 20.7 Å². The van der Waals surface area contributed by atoms with E-state index in [1.54, 1.807) is 41.9 Å². The molecule has 0 aliphatic heterocycles. The molecule has 1 N–H and O–H groups in total. The summed E-state index contributed by atoms with van der Waals surface area (Å²) in [5, 5.41) is 7.86. The van der Waals surface area contributed by atoms with Gasteiger partial charge in [-0.25, -0.2) is 14.1 Å². The number of carbonyl (C=O) groups excluding carboxylic acids is 1. The van der Waals surface area contributed by atoms with Crippen molar-refractivity contribution < 1.29 is 9.18 Å². The van der Waals surface area contributed by atoms with E-state index in [1.807, 2.05) is 18.2 Å². The van der Waals surface area contributed by atoms with Gasteiger partial charge in [-0.2, -0.15) is 5.10 Å². The fraction of sp³-hybridized carbons (Fsp3) is 0.190. The molecule has 5 nitrogen and oxygen atoms in total. The summed E-state index contributed by atoms with van der Waals surface area (Å²) in [5.41, 5.74) is 1.82. The molecule has 0 saturated carbocycles. The van der Waals surface area contributed by atoms with Crippen molar-refractivity contribution in [1.82, 2.24) is 14.8 Å². The number of anilines is 1. The maximum atomic E-state index is 14.2. The first-order valence-corrected chi connectivity index (χ1v) is 9.94. The number of nitrogens with one attached hydrogen (secondary N) is 1. The number of benzene rings is 2. The molecular weight excluding hydrogens is 375 g/mol. The number of aryl methyl sites for hydroxylation is 1. The Morgan fingerprint density at radius 1 is 1.14 bits per heavy atom. The summed E-state index contributed by atoms with van der Waals surface area (Å²) in [5.74, 6) is -0.548. The lowest BCUT2D eigenvalue weighted by Crippen LogP contribution is -2.11. The van der Waals surface area contributed by atoms with E-state index in [2.05, 4.69) is 21.5 Å². The summed E-state index contributed by atoms with van der Waals surface area (Å²) in [6.07, 6.45) is 6.16. The van der Waals surface area contributed by atoms with Gasteiger partial charge in [0.05, 0.1) is 15.2 Å². The number of rotatable bonds is 7. The number of unbranched alkanes of at least 4 members (excludes halogenated alkanes) is 1. The van der Waals surface area contributed by atoms with Gasteiger partial charge in [-0.05, 0) is 55.7 Å². The fourth-order valence-electron chi connectivity index (χ4n) is 2.99. The number of hydrogen-bond acceptors (Lipinski definition) is 4. The highest BCUT2D eigenvalue weighted by atomic mass is 32.1. The third-order valence-electron chi connectivity index (χ3n) is 4.37. The predicted octanol–water partition coefficient (Wildman–Crippen LogP) is 4.97. The highest BCUT2D eigenvalue weighted by Crippen LogP contribution is 2.23. The van der Waals surface area contributed by atoms with Crippen LogP contribution in [0.1, 0.15) is 24.3 Å². The summed E-state index contributed by atoms with van der Waals surface area (Å²) in [6, 6.07) is 14.4. The van der Waals surface area contributed by atoms with Crippen LogP contribution in [0.15, 0.2) is 60.9 Å². The molecule has 2 heterocycles. The zero-order valence-electron chi connectivity index (χ0n) is 15.1. The van der Waals surface area contributed by atoms with Crippen LogP contribution in [0, 0.1) is 5.82 Å². The van der Waals surface area contributed by atoms with E-state index in [9.17, 15) is 9.18 Å². The number of halogens is 1. The lowest BCUT2D eigenvalue weighted by molar-refractivity contribution is -0.116. The van der Waals surface area contributed by atoms with Crippen molar-refractivity contribution in [1.29, 1.82) is 0 Å². The van der Waals surface area contributed by atoms with Gasteiger partial charge < -0.3 is 5.32 Å². The fourth-order valence-corrected chi connectivity index (χ4v) is 4.00. The lowest BCUT2D eigenvalue weighted by Gasteiger charge is -2.08. The third-order valence-corrected chi connectivity index (χ3v) is 5.46. The zero-order chi connectivity index (χ0) is 19.3. The Morgan fingerprint density at radius 3 is 2.82 bits per heavy atom. The van der Waals surface area contributed by atoms with Crippen LogP contribution in [0.2, 0.25) is 0 Å². The monoisotopic (exact) mass is 394 g/mol. The van der Waals surface area contributed by atoms with Gasteiger partial charge in [0.1, 0.15) is 5.69 Å². The van der Waals surface area contributed by atoms with Crippen LogP contribution in [0.25, 0.3) is 15.9 Å². The van der Waals surface area contributed by atoms with E-state index in [1.165, 1.54) is 15.4 Å². The van der Waals surface area contributed by atoms with Crippen molar-refractivity contribution in [2.45, 2.75) is 25.7 Å². The van der Waals surface area contributed by atoms with Crippen molar-refractivity contribution in [3.8, 4) is 5.69 Å². The van der Waals surface area contributed by atoms with E-state index in [0.717, 1.165) is 29.8 Å². The van der Waals surface area contributed by atoms with Gasteiger partial charge in [-0.3, -0.25) is 4.79 Å². The topological polar surface area (TPSA) is 59.8 Å². The van der Waals surface area contributed by atoms with E-state index in [-0.39, 0.29) is 5.91 Å². The molecule has 0 saturated heterocycles. The SMILES string of the molecule is O=C(CCCCc1nc2ccccc2s1)Nc1ccc(-n2cccn2)c(F)c1. The van der Waals surface area contributed by atoms with Crippen LogP contribution >= 0.6 is 11.3 Å². The summed E-state index contributed by atoms with van der Waals surface area (Å²) < 4.78 is 16.9. The molecule has 2 aromatic heterocycles. The van der Waals surface area contributed by atoms with Gasteiger partial charge in [0.2, 0.25) is 5.91 Å². The quantitative estimate of drug-likeness (QED) is 0.450. The Morgan fingerprint density at radius 2 is 2.04 bits per heavy atom. The number of para-hydroxylation sites is 1. The number of amides is 1. The minimum Gasteiger partial charge on any atom is -0.326 e. The number of aromatic nitrogens is 3. The molecule has 0 radical (unpaired) electrons. The first kappa shape index (κ1) is 18.3. The normalized spacial score (nSPS) is 11.0. The maximum absolute atomic E-state index is 14.2. The minimum atomic E-state index is -0.433. The van der Waals surface area contributed by atoms with Gasteiger partial charge >= 0.3 is 0 Å². The third kappa shape index (κ3) is 4.26. The Kier molecular flexibility index (Phi) is 5.43. The van der Waals surface area contributed by atoms with Crippen molar-refractivity contribution >= 4 is 33.1 Å². The predicted molar refractivity (Wildman–Crippen MR) is 109 cm³/mol. The smallest absolute Gasteiger partial charge is 0.224 e. The second kappa shape index (κ2) is 8.31. The molecule has 4 rings (SSSR count). The van der Waals surface area contributed by atoms with Crippen molar-refractivity contribution in [2.24, 2.45) is 0 Å². The highest BCUT2D eigenvalue weighted by molar-refractivity contribution is 7.18. The summed E-state index contributed by atoms with van der Waals surface area (Å²) in [7, 11) is 0. The molecule has 2 aromatic carbocycles. The van der Waals surface area contributed by atoms with Gasteiger partial charge in [0.25, 0.3) is 0 Å². The van der Waals surface area contributed by atoms with Crippen molar-refractivity contribution in [2.75, 3.05) is 5.32 Å². The first-order chi connectivity index (χ1) is 13.7. The van der Waals surface area contributed by atoms with E-state index >= 15 is 0 Å². The number of fused-ring (bicyclic) bond motifs is 1. The first-order valence-electron chi connectivity index (χ1n) is 9.13. The second-order valence-electron chi connectivity index (χ2n) is 6.45. The van der Waals surface area contributed by atoms with E-state index < -0.39 is 5.82 Å². The summed E-state index contributed by atoms with van der Waals surface area (Å²) >= 11 is 1.70. The average Bonchev–Trinajstić information content (AvgIpc) is 3.35. The second-order valence-corrected chi connectivity index (χ2v) is 7.56. The van der Waals surface area contributed by atoms with Crippen LogP contribution < -0.4 is 5.32 Å². The van der Waals surface area contributed by atoms with Crippen LogP contribution in [0.4, 0.5) is 10.1 Å². The largest absolute Gasteiger partial charge is 0.326 e. The van der Waals surface area contributed by atoms with Crippen LogP contribution in [-0.2, 0) is 11.2 Å². The number of hydrogen-bond donors (Lipinski definition) is 1. The summed E-state index contributed by atoms with van der Waals surface area (Å²) in [4.78, 5) is 16.7. The molecule has 0 aliphatic carbocycles. The Labute approximate surface area is 165 Å². The maximum Gasteiger partial charge on any atom is 0.224 e. The Bertz CT molecular complexity index is 1060. The summed E-state index contributed by atoms with van der Waals surface area (Å²) in [6.45, 7) is 0. The highest BCUT2D eigenvalue weighted by Gasteiger charge is 2.09. The molecule has 1 amide bonds. The van der Waals surface area contributed by atoms with E-state index in [0.29, 0.717) is 17.8 Å². The van der Waals surface area contributed by atoms with Gasteiger partial charge in [-0.1, -0.05) is 12.1 Å². The molecule has 0 fully saturated rings. The lowest BCUT2D eigenvalue weighted by atomic mass is 10.2. The standard InChI is InChI=1S/C21H19FN4OS/c22-16-14-15(10-11-18(16)26-13-5-12-23-26)24-20(27)8-3-4-9-21-25-17-6-1-2-7-19(17)28-21/h1-2,5-7,10-14H,3-4,8-9H2,(H,24,27). The zero-order valence-corrected chi connectivity index (χ0v) is 16.0. The van der Waals surface area contributed by atoms with Gasteiger partial charge in [0.15, 0.2) is 5.82 Å². The molecule has 7 heteroatoms. The average molecular weight is 394 g/mol. The molecule has 0 spiro atoms.